The van der Waals surface area contributed by atoms with E-state index in [9.17, 15) is 9.90 Å². The van der Waals surface area contributed by atoms with Gasteiger partial charge in [0.25, 0.3) is 0 Å². The van der Waals surface area contributed by atoms with E-state index in [-0.39, 0.29) is 6.04 Å². The number of nitrogens with zero attached hydrogens (tertiary/aromatic N) is 2. The lowest BCUT2D eigenvalue weighted by atomic mass is 9.95. The Bertz CT molecular complexity index is 330. The number of hydrogen-bond donors (Lipinski definition) is 1. The van der Waals surface area contributed by atoms with E-state index in [1.54, 1.807) is 0 Å². The van der Waals surface area contributed by atoms with Gasteiger partial charge in [-0.1, -0.05) is 6.42 Å². The zero-order valence-electron chi connectivity index (χ0n) is 11.2. The Morgan fingerprint density at radius 1 is 1.22 bits per heavy atom. The lowest BCUT2D eigenvalue weighted by Crippen LogP contribution is -2.62. The Balaban J connectivity index is 1.72. The molecule has 0 aromatic rings. The molecule has 3 rings (SSSR count). The maximum atomic E-state index is 11.5. The molecular formula is C14H24N2O2. The van der Waals surface area contributed by atoms with E-state index in [1.165, 1.54) is 25.8 Å². The van der Waals surface area contributed by atoms with Gasteiger partial charge in [-0.05, 0) is 45.1 Å². The average molecular weight is 252 g/mol. The zero-order valence-corrected chi connectivity index (χ0v) is 11.2. The fourth-order valence-corrected chi connectivity index (χ4v) is 3.79. The highest BCUT2D eigenvalue weighted by atomic mass is 16.4. The predicted octanol–water partition coefficient (Wildman–Crippen LogP) is 1.41. The molecule has 2 saturated heterocycles. The number of carbonyl (C=O) groups is 1. The first-order valence-electron chi connectivity index (χ1n) is 7.39. The van der Waals surface area contributed by atoms with E-state index < -0.39 is 5.97 Å². The maximum Gasteiger partial charge on any atom is 0.321 e. The summed E-state index contributed by atoms with van der Waals surface area (Å²) in [5.41, 5.74) is 0. The Morgan fingerprint density at radius 2 is 2.00 bits per heavy atom. The van der Waals surface area contributed by atoms with Crippen LogP contribution in [-0.2, 0) is 4.79 Å². The molecule has 0 spiro atoms. The van der Waals surface area contributed by atoms with E-state index in [1.807, 2.05) is 0 Å². The lowest BCUT2D eigenvalue weighted by molar-refractivity contribution is -0.147. The van der Waals surface area contributed by atoms with Gasteiger partial charge < -0.3 is 5.11 Å². The highest BCUT2D eigenvalue weighted by Gasteiger charge is 2.45. The normalized spacial score (nSPS) is 36.1. The summed E-state index contributed by atoms with van der Waals surface area (Å²) in [4.78, 5) is 16.4. The lowest BCUT2D eigenvalue weighted by Gasteiger charge is -2.49. The highest BCUT2D eigenvalue weighted by Crippen LogP contribution is 2.38. The van der Waals surface area contributed by atoms with Gasteiger partial charge in [0.1, 0.15) is 6.04 Å². The summed E-state index contributed by atoms with van der Waals surface area (Å²) < 4.78 is 0. The summed E-state index contributed by atoms with van der Waals surface area (Å²) in [5, 5.41) is 9.49. The van der Waals surface area contributed by atoms with Crippen LogP contribution in [0.4, 0.5) is 0 Å². The van der Waals surface area contributed by atoms with E-state index in [2.05, 4.69) is 16.7 Å². The quantitative estimate of drug-likeness (QED) is 0.825. The molecule has 0 radical (unpaired) electrons. The molecule has 2 aliphatic heterocycles. The van der Waals surface area contributed by atoms with Crippen LogP contribution in [0.15, 0.2) is 0 Å². The van der Waals surface area contributed by atoms with Crippen LogP contribution in [0.3, 0.4) is 0 Å². The van der Waals surface area contributed by atoms with Crippen molar-refractivity contribution in [2.75, 3.05) is 19.6 Å². The molecule has 0 aromatic carbocycles. The molecule has 0 bridgehead atoms. The largest absolute Gasteiger partial charge is 0.480 e. The predicted molar refractivity (Wildman–Crippen MR) is 69.5 cm³/mol. The molecule has 4 nitrogen and oxygen atoms in total. The molecule has 1 aliphatic carbocycles. The molecule has 0 aromatic heterocycles. The number of hydrogen-bond acceptors (Lipinski definition) is 3. The van der Waals surface area contributed by atoms with Crippen LogP contribution < -0.4 is 0 Å². The monoisotopic (exact) mass is 252 g/mol. The average Bonchev–Trinajstić information content (AvgIpc) is 3.14. The van der Waals surface area contributed by atoms with E-state index in [0.29, 0.717) is 18.0 Å². The fourth-order valence-electron chi connectivity index (χ4n) is 3.79. The van der Waals surface area contributed by atoms with Crippen molar-refractivity contribution in [3.63, 3.8) is 0 Å². The van der Waals surface area contributed by atoms with Crippen molar-refractivity contribution >= 4 is 5.97 Å². The number of carboxylic acids is 1. The molecule has 0 amide bonds. The number of piperidine rings is 1. The van der Waals surface area contributed by atoms with Gasteiger partial charge in [-0.25, -0.2) is 0 Å². The molecular weight excluding hydrogens is 228 g/mol. The number of piperazine rings is 1. The van der Waals surface area contributed by atoms with Crippen molar-refractivity contribution in [2.24, 2.45) is 5.92 Å². The van der Waals surface area contributed by atoms with Crippen molar-refractivity contribution in [2.45, 2.75) is 57.2 Å². The van der Waals surface area contributed by atoms with E-state index in [0.717, 1.165) is 25.9 Å². The Kier molecular flexibility index (Phi) is 3.32. The van der Waals surface area contributed by atoms with Crippen LogP contribution in [0.25, 0.3) is 0 Å². The SMILES string of the molecule is CC1CN2CCCCC2CN1C(C(=O)O)C1CC1. The Hall–Kier alpha value is -0.610. The molecule has 2 heterocycles. The van der Waals surface area contributed by atoms with Gasteiger partial charge in [0.2, 0.25) is 0 Å². The number of aliphatic carboxylic acids is 1. The molecule has 1 N–H and O–H groups in total. The zero-order chi connectivity index (χ0) is 12.7. The van der Waals surface area contributed by atoms with Gasteiger partial charge in [0.05, 0.1) is 0 Å². The second kappa shape index (κ2) is 4.82. The van der Waals surface area contributed by atoms with Crippen molar-refractivity contribution in [1.82, 2.24) is 9.80 Å². The fraction of sp³-hybridized carbons (Fsp3) is 0.929. The van der Waals surface area contributed by atoms with E-state index >= 15 is 0 Å². The van der Waals surface area contributed by atoms with Gasteiger partial charge in [-0.15, -0.1) is 0 Å². The first kappa shape index (κ1) is 12.4. The van der Waals surface area contributed by atoms with Gasteiger partial charge >= 0.3 is 5.97 Å². The first-order chi connectivity index (χ1) is 8.66. The summed E-state index contributed by atoms with van der Waals surface area (Å²) in [5.74, 6) is -0.186. The van der Waals surface area contributed by atoms with Crippen molar-refractivity contribution in [3.8, 4) is 0 Å². The van der Waals surface area contributed by atoms with Crippen LogP contribution in [0, 0.1) is 5.92 Å². The Labute approximate surface area is 109 Å². The van der Waals surface area contributed by atoms with Gasteiger partial charge in [-0.2, -0.15) is 0 Å². The van der Waals surface area contributed by atoms with Crippen molar-refractivity contribution < 1.29 is 9.90 Å². The third-order valence-electron chi connectivity index (χ3n) is 4.91. The van der Waals surface area contributed by atoms with Crippen LogP contribution in [0.2, 0.25) is 0 Å². The third-order valence-corrected chi connectivity index (χ3v) is 4.91. The molecule has 3 atom stereocenters. The summed E-state index contributed by atoms with van der Waals surface area (Å²) >= 11 is 0. The summed E-state index contributed by atoms with van der Waals surface area (Å²) in [6, 6.07) is 0.778. The van der Waals surface area contributed by atoms with Crippen molar-refractivity contribution in [1.29, 1.82) is 0 Å². The van der Waals surface area contributed by atoms with E-state index in [4.69, 9.17) is 0 Å². The van der Waals surface area contributed by atoms with Crippen LogP contribution >= 0.6 is 0 Å². The van der Waals surface area contributed by atoms with Crippen LogP contribution in [0.5, 0.6) is 0 Å². The van der Waals surface area contributed by atoms with Crippen molar-refractivity contribution in [3.05, 3.63) is 0 Å². The third kappa shape index (κ3) is 2.28. The summed E-state index contributed by atoms with van der Waals surface area (Å²) in [7, 11) is 0. The molecule has 4 heteroatoms. The standard InChI is InChI=1S/C14H24N2O2/c1-10-8-15-7-3-2-4-12(15)9-16(10)13(14(17)18)11-5-6-11/h10-13H,2-9H2,1H3,(H,17,18). The molecule has 3 fully saturated rings. The summed E-state index contributed by atoms with van der Waals surface area (Å²) in [6.07, 6.45) is 6.09. The number of rotatable bonds is 3. The summed E-state index contributed by atoms with van der Waals surface area (Å²) in [6.45, 7) is 5.43. The number of fused-ring (bicyclic) bond motifs is 1. The highest BCUT2D eigenvalue weighted by molar-refractivity contribution is 5.74. The van der Waals surface area contributed by atoms with Gasteiger partial charge in [-0.3, -0.25) is 14.6 Å². The topological polar surface area (TPSA) is 43.8 Å². The van der Waals surface area contributed by atoms with Gasteiger partial charge in [0, 0.05) is 25.2 Å². The minimum absolute atomic E-state index is 0.218. The van der Waals surface area contributed by atoms with Gasteiger partial charge in [0.15, 0.2) is 0 Å². The molecule has 102 valence electrons. The minimum Gasteiger partial charge on any atom is -0.480 e. The molecule has 3 aliphatic rings. The molecule has 3 unspecified atom stereocenters. The molecule has 18 heavy (non-hydrogen) atoms. The second-order valence-electron chi connectivity index (χ2n) is 6.31. The first-order valence-corrected chi connectivity index (χ1v) is 7.39. The van der Waals surface area contributed by atoms with Crippen LogP contribution in [-0.4, -0.2) is 58.6 Å². The number of carboxylic acid groups (broad SMARTS) is 1. The second-order valence-corrected chi connectivity index (χ2v) is 6.31. The van der Waals surface area contributed by atoms with Crippen LogP contribution in [0.1, 0.15) is 39.0 Å². The molecule has 1 saturated carbocycles. The smallest absolute Gasteiger partial charge is 0.321 e. The maximum absolute atomic E-state index is 11.5. The minimum atomic E-state index is -0.603. The Morgan fingerprint density at radius 3 is 2.67 bits per heavy atom.